The number of nitrogen functional groups attached to an aromatic ring is 1. The first-order chi connectivity index (χ1) is 21.9. The van der Waals surface area contributed by atoms with Crippen molar-refractivity contribution in [3.05, 3.63) is 50.5 Å². The summed E-state index contributed by atoms with van der Waals surface area (Å²) < 4.78 is 2.08. The Kier molecular flexibility index (Phi) is 9.79. The number of carbonyl (C=O) groups is 3. The average Bonchev–Trinajstić information content (AvgIpc) is 3.65. The van der Waals surface area contributed by atoms with E-state index in [1.54, 1.807) is 4.68 Å². The molecule has 22 heteroatoms. The lowest BCUT2D eigenvalue weighted by Crippen LogP contribution is -2.71. The van der Waals surface area contributed by atoms with E-state index in [9.17, 15) is 34.6 Å². The summed E-state index contributed by atoms with van der Waals surface area (Å²) in [5.41, 5.74) is 4.89. The fourth-order valence-electron chi connectivity index (χ4n) is 4.32. The topological polar surface area (TPSA) is 257 Å². The van der Waals surface area contributed by atoms with Crippen molar-refractivity contribution in [1.82, 2.24) is 45.0 Å². The summed E-state index contributed by atoms with van der Waals surface area (Å²) in [5, 5.41) is 48.8. The number of thioether (sulfide) groups is 2. The first-order valence-corrected chi connectivity index (χ1v) is 16.2. The highest BCUT2D eigenvalue weighted by atomic mass is 32.2. The highest BCUT2D eigenvalue weighted by Crippen LogP contribution is 2.41. The summed E-state index contributed by atoms with van der Waals surface area (Å²) in [7, 11) is 3.84. The zero-order valence-corrected chi connectivity index (χ0v) is 26.6. The number of hydrogen-bond acceptors (Lipinski definition) is 17. The highest BCUT2D eigenvalue weighted by molar-refractivity contribution is 8.01. The number of thiazole rings is 1. The molecule has 2 atom stereocenters. The van der Waals surface area contributed by atoms with Gasteiger partial charge in [-0.3, -0.25) is 19.3 Å². The number of hydrogen-bond donors (Lipinski definition) is 5. The van der Waals surface area contributed by atoms with Crippen LogP contribution in [0.5, 0.6) is 5.75 Å². The lowest BCUT2D eigenvalue weighted by atomic mass is 10.0. The van der Waals surface area contributed by atoms with Gasteiger partial charge in [0.25, 0.3) is 11.8 Å². The van der Waals surface area contributed by atoms with E-state index in [0.29, 0.717) is 28.5 Å². The number of anilines is 1. The van der Waals surface area contributed by atoms with Gasteiger partial charge in [0, 0.05) is 29.5 Å². The number of oxime groups is 1. The quantitative estimate of drug-likeness (QED) is 0.0465. The summed E-state index contributed by atoms with van der Waals surface area (Å²) in [5.74, 6) is -2.95. The Morgan fingerprint density at radius 1 is 1.33 bits per heavy atom. The molecule has 3 aromatic heterocycles. The van der Waals surface area contributed by atoms with Gasteiger partial charge in [-0.25, -0.2) is 14.5 Å². The molecule has 1 fully saturated rings. The predicted molar refractivity (Wildman–Crippen MR) is 164 cm³/mol. The van der Waals surface area contributed by atoms with Crippen LogP contribution in [0.25, 0.3) is 0 Å². The largest absolute Gasteiger partial charge is 0.503 e. The Balaban J connectivity index is 1.29. The van der Waals surface area contributed by atoms with Crippen LogP contribution in [0.2, 0.25) is 0 Å². The second-order valence-electron chi connectivity index (χ2n) is 10.0. The summed E-state index contributed by atoms with van der Waals surface area (Å²) in [4.78, 5) is 63.0. The summed E-state index contributed by atoms with van der Waals surface area (Å²) in [6.45, 7) is 0.762. The van der Waals surface area contributed by atoms with E-state index in [0.717, 1.165) is 28.5 Å². The Labute approximate surface area is 271 Å². The Bertz CT molecular complexity index is 1790. The molecule has 5 rings (SSSR count). The van der Waals surface area contributed by atoms with E-state index >= 15 is 0 Å². The van der Waals surface area contributed by atoms with Crippen LogP contribution < -0.4 is 16.5 Å². The van der Waals surface area contributed by atoms with Gasteiger partial charge in [-0.15, -0.1) is 28.2 Å². The van der Waals surface area contributed by atoms with Gasteiger partial charge in [-0.2, -0.15) is 4.73 Å². The molecule has 0 unspecified atom stereocenters. The minimum atomic E-state index is -1.28. The Morgan fingerprint density at radius 3 is 2.80 bits per heavy atom. The molecule has 6 N–H and O–H groups in total. The number of rotatable bonds is 13. The maximum absolute atomic E-state index is 13.4. The lowest BCUT2D eigenvalue weighted by molar-refractivity contribution is -0.150. The van der Waals surface area contributed by atoms with E-state index in [4.69, 9.17) is 10.6 Å². The molecule has 0 spiro atoms. The second kappa shape index (κ2) is 13.8. The molecule has 3 aromatic rings. The Hall–Kier alpha value is -4.67. The van der Waals surface area contributed by atoms with Crippen molar-refractivity contribution >= 4 is 63.5 Å². The van der Waals surface area contributed by atoms with Crippen LogP contribution in [0.15, 0.2) is 44.0 Å². The monoisotopic (exact) mass is 693 g/mol. The third kappa shape index (κ3) is 6.93. The van der Waals surface area contributed by atoms with Crippen molar-refractivity contribution in [2.75, 3.05) is 37.9 Å². The number of fused-ring (bicyclic) bond motifs is 1. The molecular formula is C24H27N11O8S3. The molecule has 0 aromatic carbocycles. The zero-order chi connectivity index (χ0) is 33.1. The molecule has 0 saturated carbocycles. The molecule has 46 heavy (non-hydrogen) atoms. The predicted octanol–water partition coefficient (Wildman–Crippen LogP) is -1.17. The first-order valence-electron chi connectivity index (χ1n) is 13.2. The van der Waals surface area contributed by atoms with E-state index in [2.05, 4.69) is 31.0 Å². The highest BCUT2D eigenvalue weighted by Gasteiger charge is 2.54. The number of nitrogens with one attached hydrogen (secondary N) is 1. The average molecular weight is 694 g/mol. The number of nitrogens with zero attached hydrogens (tertiary/aromatic N) is 9. The van der Waals surface area contributed by atoms with Gasteiger partial charge < -0.3 is 36.2 Å². The fourth-order valence-corrected chi connectivity index (χ4v) is 7.25. The summed E-state index contributed by atoms with van der Waals surface area (Å²) in [6.07, 6.45) is 0.773. The van der Waals surface area contributed by atoms with Crippen LogP contribution in [0.4, 0.5) is 5.13 Å². The number of amides is 2. The number of tetrazole rings is 1. The van der Waals surface area contributed by atoms with Gasteiger partial charge in [0.1, 0.15) is 28.5 Å². The molecule has 0 radical (unpaired) electrons. The minimum Gasteiger partial charge on any atom is -0.503 e. The molecule has 19 nitrogen and oxygen atoms in total. The van der Waals surface area contributed by atoms with Crippen LogP contribution in [0.3, 0.4) is 0 Å². The zero-order valence-electron chi connectivity index (χ0n) is 24.1. The maximum Gasteiger partial charge on any atom is 0.352 e. The molecule has 1 saturated heterocycles. The molecule has 2 amide bonds. The van der Waals surface area contributed by atoms with E-state index in [1.165, 1.54) is 28.9 Å². The number of carbonyl (C=O) groups excluding carboxylic acids is 2. The molecular weight excluding hydrogens is 667 g/mol. The first kappa shape index (κ1) is 32.7. The number of aromatic hydroxyl groups is 1. The SMILES string of the molecule is CN(C)CCn1nnnc1SCC1=C(C(=O)O)N2C(=O)[C@@H](NC(=O)/C(=N/OCc3cc(=O)c(O)cn3O)c3csc(N)n3)[C@H]2SC1. The number of pyridine rings is 1. The van der Waals surface area contributed by atoms with Gasteiger partial charge in [-0.05, 0) is 30.1 Å². The van der Waals surface area contributed by atoms with Crippen molar-refractivity contribution in [3.63, 3.8) is 0 Å². The molecule has 2 aliphatic heterocycles. The third-order valence-electron chi connectivity index (χ3n) is 6.61. The summed E-state index contributed by atoms with van der Waals surface area (Å²) in [6, 6.07) is -0.166. The number of carboxylic acid groups (broad SMARTS) is 1. The standard InChI is InChI=1S/C24H27N11O8S3/c1-32(2)3-4-33-24(28-30-31-33)46-9-11-8-44-21-17(20(39)35(21)18(11)22(40)41)27-19(38)16(13-10-45-23(25)26-13)29-43-7-12-5-14(36)15(37)6-34(12)42/h5-6,10,17,21,37,42H,3-4,7-9H2,1-2H3,(H2,25,26)(H,27,38)(H,40,41)/b29-16+/t17-,21-/m1/s1. The van der Waals surface area contributed by atoms with Crippen molar-refractivity contribution < 1.29 is 34.6 Å². The van der Waals surface area contributed by atoms with Crippen molar-refractivity contribution in [1.29, 1.82) is 0 Å². The molecule has 5 heterocycles. The van der Waals surface area contributed by atoms with Crippen LogP contribution in [-0.4, -0.2) is 122 Å². The van der Waals surface area contributed by atoms with E-state index in [-0.39, 0.29) is 39.4 Å². The Morgan fingerprint density at radius 2 is 2.11 bits per heavy atom. The van der Waals surface area contributed by atoms with Crippen molar-refractivity contribution in [2.45, 2.75) is 29.7 Å². The van der Waals surface area contributed by atoms with Gasteiger partial charge >= 0.3 is 5.97 Å². The number of likely N-dealkylation sites (N-methyl/N-ethyl adjacent to an activating group) is 1. The van der Waals surface area contributed by atoms with Gasteiger partial charge in [-0.1, -0.05) is 16.9 Å². The van der Waals surface area contributed by atoms with E-state index < -0.39 is 47.0 Å². The normalized spacial score (nSPS) is 18.0. The van der Waals surface area contributed by atoms with Crippen molar-refractivity contribution in [2.24, 2.45) is 5.16 Å². The molecule has 244 valence electrons. The van der Waals surface area contributed by atoms with Crippen LogP contribution in [-0.2, 0) is 32.4 Å². The number of aliphatic carboxylic acids is 1. The van der Waals surface area contributed by atoms with Gasteiger partial charge in [0.15, 0.2) is 23.2 Å². The smallest absolute Gasteiger partial charge is 0.352 e. The number of aromatic nitrogens is 6. The van der Waals surface area contributed by atoms with Crippen LogP contribution in [0.1, 0.15) is 11.4 Å². The van der Waals surface area contributed by atoms with E-state index in [1.807, 2.05) is 19.0 Å². The van der Waals surface area contributed by atoms with Crippen LogP contribution in [0, 0.1) is 0 Å². The lowest BCUT2D eigenvalue weighted by Gasteiger charge is -2.49. The number of carboxylic acids is 1. The molecule has 0 aliphatic carbocycles. The second-order valence-corrected chi connectivity index (χ2v) is 13.0. The molecule has 0 bridgehead atoms. The number of nitrogens with two attached hydrogens (primary N) is 1. The fraction of sp³-hybridized carbons (Fsp3) is 0.375. The van der Waals surface area contributed by atoms with Gasteiger partial charge in [0.05, 0.1) is 12.7 Å². The van der Waals surface area contributed by atoms with Gasteiger partial charge in [0.2, 0.25) is 10.6 Å². The maximum atomic E-state index is 13.4. The molecule has 2 aliphatic rings. The number of β-lactam (4-membered cyclic amide) rings is 1. The van der Waals surface area contributed by atoms with Crippen molar-refractivity contribution in [3.8, 4) is 5.75 Å². The van der Waals surface area contributed by atoms with Crippen LogP contribution >= 0.6 is 34.9 Å². The third-order valence-corrected chi connectivity index (χ3v) is 9.66. The summed E-state index contributed by atoms with van der Waals surface area (Å²) >= 11 is 3.57. The minimum absolute atomic E-state index is 0.0328.